The van der Waals surface area contributed by atoms with Crippen LogP contribution < -0.4 is 4.72 Å². The Balaban J connectivity index is 1.84. The van der Waals surface area contributed by atoms with Gasteiger partial charge in [-0.2, -0.15) is 0 Å². The summed E-state index contributed by atoms with van der Waals surface area (Å²) in [6.45, 7) is 6.76. The maximum Gasteiger partial charge on any atom is 0.269 e. The molecule has 2 aromatic heterocycles. The Hall–Kier alpha value is -1.98. The van der Waals surface area contributed by atoms with Crippen LogP contribution in [0.4, 0.5) is 5.13 Å². The number of morpholine rings is 1. The number of carbonyl (C=O) groups is 1. The Labute approximate surface area is 149 Å². The molecule has 0 unspecified atom stereocenters. The summed E-state index contributed by atoms with van der Waals surface area (Å²) in [6, 6.07) is 0. The molecular formula is C14H18N4O5S2. The van der Waals surface area contributed by atoms with Gasteiger partial charge in [0, 0.05) is 13.1 Å². The number of hydrogen-bond donors (Lipinski definition) is 1. The van der Waals surface area contributed by atoms with Crippen LogP contribution in [0, 0.1) is 20.8 Å². The molecule has 3 heterocycles. The highest BCUT2D eigenvalue weighted by Gasteiger charge is 2.28. The molecule has 1 fully saturated rings. The molecule has 3 rings (SSSR count). The summed E-state index contributed by atoms with van der Waals surface area (Å²) in [5.74, 6) is 0.0315. The Morgan fingerprint density at radius 1 is 1.20 bits per heavy atom. The molecule has 0 radical (unpaired) electrons. The van der Waals surface area contributed by atoms with Crippen molar-refractivity contribution in [1.82, 2.24) is 15.0 Å². The number of sulfonamides is 1. The number of amides is 1. The van der Waals surface area contributed by atoms with Crippen molar-refractivity contribution >= 4 is 32.4 Å². The second-order valence-corrected chi connectivity index (χ2v) is 8.22. The summed E-state index contributed by atoms with van der Waals surface area (Å²) in [5, 5.41) is 3.79. The van der Waals surface area contributed by atoms with Crippen molar-refractivity contribution in [3.05, 3.63) is 22.0 Å². The van der Waals surface area contributed by atoms with Crippen LogP contribution in [0.15, 0.2) is 9.42 Å². The van der Waals surface area contributed by atoms with Gasteiger partial charge in [-0.3, -0.25) is 9.52 Å². The van der Waals surface area contributed by atoms with Crippen molar-refractivity contribution in [3.8, 4) is 0 Å². The van der Waals surface area contributed by atoms with Gasteiger partial charge in [-0.05, 0) is 20.8 Å². The summed E-state index contributed by atoms with van der Waals surface area (Å²) < 4.78 is 37.6. The van der Waals surface area contributed by atoms with Crippen LogP contribution in [0.25, 0.3) is 0 Å². The van der Waals surface area contributed by atoms with E-state index in [0.717, 1.165) is 11.3 Å². The van der Waals surface area contributed by atoms with Crippen molar-refractivity contribution in [3.63, 3.8) is 0 Å². The van der Waals surface area contributed by atoms with Crippen molar-refractivity contribution in [1.29, 1.82) is 0 Å². The molecule has 1 amide bonds. The number of carbonyl (C=O) groups excluding carboxylic acids is 1. The molecule has 1 aliphatic heterocycles. The van der Waals surface area contributed by atoms with E-state index in [4.69, 9.17) is 9.26 Å². The average Bonchev–Trinajstić information content (AvgIpc) is 3.09. The minimum absolute atomic E-state index is 0.0126. The van der Waals surface area contributed by atoms with Gasteiger partial charge in [0.25, 0.3) is 15.9 Å². The summed E-state index contributed by atoms with van der Waals surface area (Å²) in [5.41, 5.74) is 0.751. The van der Waals surface area contributed by atoms with Gasteiger partial charge in [0.15, 0.2) is 15.8 Å². The number of hydrogen-bond acceptors (Lipinski definition) is 8. The van der Waals surface area contributed by atoms with Crippen molar-refractivity contribution < 1.29 is 22.5 Å². The number of rotatable bonds is 4. The molecule has 1 aliphatic rings. The monoisotopic (exact) mass is 386 g/mol. The lowest BCUT2D eigenvalue weighted by molar-refractivity contribution is 0.0305. The molecule has 0 spiro atoms. The molecule has 0 aromatic carbocycles. The summed E-state index contributed by atoms with van der Waals surface area (Å²) in [6.07, 6.45) is 0. The van der Waals surface area contributed by atoms with Gasteiger partial charge >= 0.3 is 0 Å². The van der Waals surface area contributed by atoms with Crippen molar-refractivity contribution in [2.75, 3.05) is 31.0 Å². The zero-order chi connectivity index (χ0) is 18.2. The van der Waals surface area contributed by atoms with Crippen LogP contribution >= 0.6 is 11.3 Å². The quantitative estimate of drug-likeness (QED) is 0.843. The number of ether oxygens (including phenoxy) is 1. The zero-order valence-corrected chi connectivity index (χ0v) is 15.7. The first kappa shape index (κ1) is 17.8. The first-order chi connectivity index (χ1) is 11.8. The van der Waals surface area contributed by atoms with Gasteiger partial charge in [0.1, 0.15) is 10.6 Å². The lowest BCUT2D eigenvalue weighted by atomic mass is 10.3. The fourth-order valence-electron chi connectivity index (χ4n) is 2.57. The van der Waals surface area contributed by atoms with E-state index in [9.17, 15) is 13.2 Å². The number of anilines is 1. The Kier molecular flexibility index (Phi) is 4.80. The lowest BCUT2D eigenvalue weighted by Gasteiger charge is -2.26. The van der Waals surface area contributed by atoms with Crippen LogP contribution in [0.5, 0.6) is 0 Å². The van der Waals surface area contributed by atoms with E-state index in [1.165, 1.54) is 6.92 Å². The van der Waals surface area contributed by atoms with E-state index < -0.39 is 10.0 Å². The van der Waals surface area contributed by atoms with Gasteiger partial charge in [0.05, 0.1) is 18.9 Å². The van der Waals surface area contributed by atoms with Crippen molar-refractivity contribution in [2.45, 2.75) is 25.7 Å². The van der Waals surface area contributed by atoms with E-state index in [2.05, 4.69) is 14.9 Å². The lowest BCUT2D eigenvalue weighted by Crippen LogP contribution is -2.40. The number of nitrogens with zero attached hydrogens (tertiary/aromatic N) is 3. The minimum atomic E-state index is -3.89. The normalized spacial score (nSPS) is 15.4. The molecule has 25 heavy (non-hydrogen) atoms. The highest BCUT2D eigenvalue weighted by Crippen LogP contribution is 2.28. The molecule has 136 valence electrons. The Morgan fingerprint density at radius 2 is 1.88 bits per heavy atom. The topological polar surface area (TPSA) is 115 Å². The average molecular weight is 386 g/mol. The van der Waals surface area contributed by atoms with E-state index in [1.807, 2.05) is 0 Å². The van der Waals surface area contributed by atoms with Gasteiger partial charge < -0.3 is 14.2 Å². The van der Waals surface area contributed by atoms with Gasteiger partial charge in [-0.15, -0.1) is 0 Å². The van der Waals surface area contributed by atoms with E-state index in [-0.39, 0.29) is 27.4 Å². The van der Waals surface area contributed by atoms with Gasteiger partial charge in [0.2, 0.25) is 0 Å². The summed E-state index contributed by atoms with van der Waals surface area (Å²) in [4.78, 5) is 18.8. The van der Waals surface area contributed by atoms with E-state index in [1.54, 1.807) is 18.7 Å². The van der Waals surface area contributed by atoms with Crippen LogP contribution in [0.3, 0.4) is 0 Å². The second-order valence-electron chi connectivity index (χ2n) is 5.60. The minimum Gasteiger partial charge on any atom is -0.378 e. The molecule has 2 aromatic rings. The van der Waals surface area contributed by atoms with Gasteiger partial charge in [-0.1, -0.05) is 16.5 Å². The smallest absolute Gasteiger partial charge is 0.269 e. The third-order valence-electron chi connectivity index (χ3n) is 3.75. The highest BCUT2D eigenvalue weighted by molar-refractivity contribution is 7.93. The molecule has 0 atom stereocenters. The highest BCUT2D eigenvalue weighted by atomic mass is 32.2. The molecule has 0 aliphatic carbocycles. The van der Waals surface area contributed by atoms with E-state index >= 15 is 0 Å². The fourth-order valence-corrected chi connectivity index (χ4v) is 5.07. The SMILES string of the molecule is Cc1nc(NS(=O)(=O)c2c(C)noc2C)sc1C(=O)N1CCOCC1. The zero-order valence-electron chi connectivity index (χ0n) is 14.0. The van der Waals surface area contributed by atoms with Crippen LogP contribution in [-0.4, -0.2) is 55.7 Å². The number of aryl methyl sites for hydroxylation is 3. The Bertz CT molecular complexity index is 877. The first-order valence-electron chi connectivity index (χ1n) is 7.59. The standard InChI is InChI=1S/C14H18N4O5S2/c1-8-11(13(19)18-4-6-22-7-5-18)24-14(15-8)17-25(20,21)12-9(2)16-23-10(12)3/h4-7H2,1-3H3,(H,15,17). The Morgan fingerprint density at radius 3 is 2.48 bits per heavy atom. The molecule has 1 N–H and O–H groups in total. The maximum atomic E-state index is 12.6. The van der Waals surface area contributed by atoms with Crippen LogP contribution in [0.2, 0.25) is 0 Å². The van der Waals surface area contributed by atoms with Crippen LogP contribution in [-0.2, 0) is 14.8 Å². The third kappa shape index (κ3) is 3.53. The van der Waals surface area contributed by atoms with Crippen LogP contribution in [0.1, 0.15) is 26.8 Å². The maximum absolute atomic E-state index is 12.6. The molecule has 11 heteroatoms. The molecule has 9 nitrogen and oxygen atoms in total. The molecule has 0 bridgehead atoms. The van der Waals surface area contributed by atoms with Crippen molar-refractivity contribution in [2.24, 2.45) is 0 Å². The number of nitrogens with one attached hydrogen (secondary N) is 1. The summed E-state index contributed by atoms with van der Waals surface area (Å²) in [7, 11) is -3.89. The first-order valence-corrected chi connectivity index (χ1v) is 9.89. The number of aromatic nitrogens is 2. The molecule has 0 saturated carbocycles. The predicted octanol–water partition coefficient (Wildman–Crippen LogP) is 1.33. The second kappa shape index (κ2) is 6.73. The van der Waals surface area contributed by atoms with E-state index in [0.29, 0.717) is 36.9 Å². The molecule has 1 saturated heterocycles. The number of thiazole rings is 1. The largest absolute Gasteiger partial charge is 0.378 e. The third-order valence-corrected chi connectivity index (χ3v) is 6.52. The summed E-state index contributed by atoms with van der Waals surface area (Å²) >= 11 is 1.01. The fraction of sp³-hybridized carbons (Fsp3) is 0.500. The molecular weight excluding hydrogens is 368 g/mol. The van der Waals surface area contributed by atoms with Gasteiger partial charge in [-0.25, -0.2) is 13.4 Å². The predicted molar refractivity (Wildman–Crippen MR) is 90.4 cm³/mol.